The second-order valence-corrected chi connectivity index (χ2v) is 8.95. The van der Waals surface area contributed by atoms with Crippen molar-refractivity contribution in [1.29, 1.82) is 0 Å². The third-order valence-electron chi connectivity index (χ3n) is 3.90. The van der Waals surface area contributed by atoms with Crippen molar-refractivity contribution in [3.8, 4) is 0 Å². The number of aromatic nitrogens is 1. The van der Waals surface area contributed by atoms with Crippen LogP contribution in [0.3, 0.4) is 0 Å². The van der Waals surface area contributed by atoms with Crippen LogP contribution < -0.4 is 10.0 Å². The maximum atomic E-state index is 12.5. The topological polar surface area (TPSA) is 114 Å². The summed E-state index contributed by atoms with van der Waals surface area (Å²) in [5, 5.41) is 4.73. The monoisotopic (exact) mass is 445 g/mol. The van der Waals surface area contributed by atoms with Crippen molar-refractivity contribution >= 4 is 44.1 Å². The number of hydrogen-bond donors (Lipinski definition) is 2. The molecule has 0 saturated heterocycles. The molecule has 0 radical (unpaired) electrons. The van der Waals surface area contributed by atoms with Gasteiger partial charge in [-0.1, -0.05) is 17.7 Å². The summed E-state index contributed by atoms with van der Waals surface area (Å²) in [4.78, 5) is 28.0. The molecule has 2 N–H and O–H groups in total. The molecule has 3 rings (SSSR count). The fourth-order valence-electron chi connectivity index (χ4n) is 2.39. The molecular formula is C20H19N3O5S2. The highest BCUT2D eigenvalue weighted by atomic mass is 32.2. The van der Waals surface area contributed by atoms with Crippen LogP contribution in [0.2, 0.25) is 0 Å². The van der Waals surface area contributed by atoms with Crippen molar-refractivity contribution < 1.29 is 22.7 Å². The van der Waals surface area contributed by atoms with Crippen LogP contribution in [-0.4, -0.2) is 31.9 Å². The summed E-state index contributed by atoms with van der Waals surface area (Å²) >= 11 is 1.27. The van der Waals surface area contributed by atoms with Gasteiger partial charge in [0.05, 0.1) is 16.2 Å². The molecule has 2 aromatic carbocycles. The zero-order valence-electron chi connectivity index (χ0n) is 16.2. The van der Waals surface area contributed by atoms with Crippen molar-refractivity contribution in [2.45, 2.75) is 18.7 Å². The summed E-state index contributed by atoms with van der Waals surface area (Å²) in [5.74, 6) is -1.25. The van der Waals surface area contributed by atoms with Crippen molar-refractivity contribution in [3.05, 3.63) is 70.7 Å². The summed E-state index contributed by atoms with van der Waals surface area (Å²) in [6.45, 7) is 3.22. The number of carbonyl (C=O) groups excluding carboxylic acids is 2. The summed E-state index contributed by atoms with van der Waals surface area (Å²) < 4.78 is 32.4. The maximum Gasteiger partial charge on any atom is 0.338 e. The van der Waals surface area contributed by atoms with Gasteiger partial charge in [-0.25, -0.2) is 18.2 Å². The predicted molar refractivity (Wildman–Crippen MR) is 114 cm³/mol. The standard InChI is InChI=1S/C20H19N3O5S2/c1-13-3-7-16(8-4-13)23-30(26,27)17-9-5-15(6-10-17)19(25)28-11-18(24)22-20-21-14(2)12-29-20/h3-10,12,23H,11H2,1-2H3,(H,21,22,24). The summed E-state index contributed by atoms with van der Waals surface area (Å²) in [5.41, 5.74) is 2.35. The molecule has 10 heteroatoms. The Morgan fingerprint density at radius 2 is 1.70 bits per heavy atom. The third kappa shape index (κ3) is 5.65. The minimum atomic E-state index is -3.80. The first kappa shape index (κ1) is 21.5. The molecule has 1 heterocycles. The number of benzene rings is 2. The first-order valence-electron chi connectivity index (χ1n) is 8.81. The Morgan fingerprint density at radius 3 is 2.30 bits per heavy atom. The molecule has 1 amide bonds. The summed E-state index contributed by atoms with van der Waals surface area (Å²) in [6.07, 6.45) is 0. The molecule has 0 spiro atoms. The average Bonchev–Trinajstić information content (AvgIpc) is 3.12. The van der Waals surface area contributed by atoms with Gasteiger partial charge in [-0.05, 0) is 50.2 Å². The van der Waals surface area contributed by atoms with Crippen LogP contribution in [0.4, 0.5) is 10.8 Å². The number of nitrogens with one attached hydrogen (secondary N) is 2. The van der Waals surface area contributed by atoms with Crippen molar-refractivity contribution in [1.82, 2.24) is 4.98 Å². The van der Waals surface area contributed by atoms with Gasteiger partial charge in [-0.2, -0.15) is 0 Å². The lowest BCUT2D eigenvalue weighted by molar-refractivity contribution is -0.119. The van der Waals surface area contributed by atoms with E-state index in [1.165, 1.54) is 35.6 Å². The van der Waals surface area contributed by atoms with E-state index in [0.29, 0.717) is 10.8 Å². The highest BCUT2D eigenvalue weighted by Crippen LogP contribution is 2.18. The van der Waals surface area contributed by atoms with Gasteiger partial charge in [0.1, 0.15) is 0 Å². The number of amides is 1. The molecule has 8 nitrogen and oxygen atoms in total. The molecule has 3 aromatic rings. The molecule has 0 saturated carbocycles. The van der Waals surface area contributed by atoms with Crippen LogP contribution in [0.15, 0.2) is 58.8 Å². The van der Waals surface area contributed by atoms with Crippen LogP contribution in [0.5, 0.6) is 0 Å². The molecule has 0 fully saturated rings. The molecule has 30 heavy (non-hydrogen) atoms. The lowest BCUT2D eigenvalue weighted by atomic mass is 10.2. The molecular weight excluding hydrogens is 426 g/mol. The number of anilines is 2. The molecule has 0 atom stereocenters. The Bertz CT molecular complexity index is 1150. The summed E-state index contributed by atoms with van der Waals surface area (Å²) in [6, 6.07) is 12.2. The van der Waals surface area contributed by atoms with E-state index in [1.807, 2.05) is 6.92 Å². The molecule has 0 aliphatic rings. The molecule has 0 bridgehead atoms. The SMILES string of the molecule is Cc1ccc(NS(=O)(=O)c2ccc(C(=O)OCC(=O)Nc3nc(C)cs3)cc2)cc1. The Balaban J connectivity index is 1.58. The number of hydrogen-bond acceptors (Lipinski definition) is 7. The van der Waals surface area contributed by atoms with Gasteiger partial charge < -0.3 is 4.74 Å². The number of thiazole rings is 1. The van der Waals surface area contributed by atoms with Crippen molar-refractivity contribution in [3.63, 3.8) is 0 Å². The Hall–Kier alpha value is -3.24. The van der Waals surface area contributed by atoms with E-state index in [0.717, 1.165) is 11.3 Å². The second kappa shape index (κ2) is 9.06. The van der Waals surface area contributed by atoms with Crippen molar-refractivity contribution in [2.24, 2.45) is 0 Å². The molecule has 0 unspecified atom stereocenters. The Morgan fingerprint density at radius 1 is 1.03 bits per heavy atom. The quantitative estimate of drug-likeness (QED) is 0.539. The number of sulfonamides is 1. The van der Waals surface area contributed by atoms with Gasteiger partial charge in [-0.3, -0.25) is 14.8 Å². The van der Waals surface area contributed by atoms with Gasteiger partial charge in [0.15, 0.2) is 11.7 Å². The van der Waals surface area contributed by atoms with E-state index < -0.39 is 28.5 Å². The van der Waals surface area contributed by atoms with Gasteiger partial charge in [0, 0.05) is 11.1 Å². The molecule has 0 aliphatic carbocycles. The minimum Gasteiger partial charge on any atom is -0.452 e. The zero-order valence-corrected chi connectivity index (χ0v) is 17.8. The first-order valence-corrected chi connectivity index (χ1v) is 11.2. The van der Waals surface area contributed by atoms with Crippen LogP contribution in [0, 0.1) is 13.8 Å². The molecule has 1 aromatic heterocycles. The average molecular weight is 446 g/mol. The number of nitrogens with zero attached hydrogens (tertiary/aromatic N) is 1. The van der Waals surface area contributed by atoms with Gasteiger partial charge in [0.2, 0.25) is 0 Å². The Labute approximate surface area is 178 Å². The number of carbonyl (C=O) groups is 2. The van der Waals surface area contributed by atoms with E-state index in [-0.39, 0.29) is 10.5 Å². The largest absolute Gasteiger partial charge is 0.452 e. The van der Waals surface area contributed by atoms with Gasteiger partial charge in [0.25, 0.3) is 15.9 Å². The lowest BCUT2D eigenvalue weighted by Crippen LogP contribution is -2.21. The van der Waals surface area contributed by atoms with E-state index in [2.05, 4.69) is 15.0 Å². The number of aryl methyl sites for hydroxylation is 2. The minimum absolute atomic E-state index is 0.00323. The highest BCUT2D eigenvalue weighted by molar-refractivity contribution is 7.92. The number of rotatable bonds is 7. The van der Waals surface area contributed by atoms with E-state index in [1.54, 1.807) is 36.6 Å². The lowest BCUT2D eigenvalue weighted by Gasteiger charge is -2.09. The number of esters is 1. The number of ether oxygens (including phenoxy) is 1. The van der Waals surface area contributed by atoms with Gasteiger partial charge in [-0.15, -0.1) is 11.3 Å². The van der Waals surface area contributed by atoms with Crippen LogP contribution in [-0.2, 0) is 19.6 Å². The zero-order chi connectivity index (χ0) is 21.7. The smallest absolute Gasteiger partial charge is 0.338 e. The van der Waals surface area contributed by atoms with Gasteiger partial charge >= 0.3 is 5.97 Å². The van der Waals surface area contributed by atoms with Crippen LogP contribution in [0.25, 0.3) is 0 Å². The predicted octanol–water partition coefficient (Wildman–Crippen LogP) is 3.36. The third-order valence-corrected chi connectivity index (χ3v) is 6.18. The van der Waals surface area contributed by atoms with E-state index in [9.17, 15) is 18.0 Å². The van der Waals surface area contributed by atoms with Crippen molar-refractivity contribution in [2.75, 3.05) is 16.6 Å². The normalized spacial score (nSPS) is 11.0. The summed E-state index contributed by atoms with van der Waals surface area (Å²) in [7, 11) is -3.80. The maximum absolute atomic E-state index is 12.5. The highest BCUT2D eigenvalue weighted by Gasteiger charge is 2.16. The van der Waals surface area contributed by atoms with E-state index >= 15 is 0 Å². The fourth-order valence-corrected chi connectivity index (χ4v) is 4.15. The first-order chi connectivity index (χ1) is 14.2. The fraction of sp³-hybridized carbons (Fsp3) is 0.150. The second-order valence-electron chi connectivity index (χ2n) is 6.41. The Kier molecular flexibility index (Phi) is 6.48. The molecule has 156 valence electrons. The van der Waals surface area contributed by atoms with Crippen LogP contribution >= 0.6 is 11.3 Å². The van der Waals surface area contributed by atoms with E-state index in [4.69, 9.17) is 4.74 Å². The van der Waals surface area contributed by atoms with Crippen LogP contribution in [0.1, 0.15) is 21.6 Å². The molecule has 0 aliphatic heterocycles.